The first kappa shape index (κ1) is 18.7. The Hall–Kier alpha value is -3.08. The number of methoxy groups -OCH3 is 1. The summed E-state index contributed by atoms with van der Waals surface area (Å²) in [5, 5.41) is 4.71. The number of alkyl halides is 3. The zero-order chi connectivity index (χ0) is 19.8. The summed E-state index contributed by atoms with van der Waals surface area (Å²) < 4.78 is 46.4. The van der Waals surface area contributed by atoms with Crippen molar-refractivity contribution in [3.05, 3.63) is 46.7 Å². The first-order chi connectivity index (χ1) is 12.7. The van der Waals surface area contributed by atoms with Gasteiger partial charge in [-0.1, -0.05) is 18.2 Å². The molecule has 3 rings (SSSR count). The molecule has 4 amide bonds. The number of rotatable bonds is 4. The summed E-state index contributed by atoms with van der Waals surface area (Å²) in [6.07, 6.45) is -5.29. The number of imide groups is 1. The van der Waals surface area contributed by atoms with Gasteiger partial charge in [0.25, 0.3) is 17.5 Å². The van der Waals surface area contributed by atoms with Gasteiger partial charge in [-0.25, -0.2) is 9.69 Å². The van der Waals surface area contributed by atoms with Crippen molar-refractivity contribution < 1.29 is 32.3 Å². The van der Waals surface area contributed by atoms with E-state index in [-0.39, 0.29) is 16.3 Å². The highest BCUT2D eigenvalue weighted by Gasteiger charge is 2.69. The molecular weight excluding hydrogens is 387 g/mol. The van der Waals surface area contributed by atoms with Gasteiger partial charge in [0.05, 0.1) is 17.7 Å². The predicted octanol–water partition coefficient (Wildman–Crippen LogP) is 2.50. The molecule has 1 unspecified atom stereocenters. The van der Waals surface area contributed by atoms with Gasteiger partial charge in [-0.05, 0) is 23.6 Å². The molecule has 0 aliphatic carbocycles. The minimum Gasteiger partial charge on any atom is -0.495 e. The van der Waals surface area contributed by atoms with Crippen LogP contribution in [0.3, 0.4) is 0 Å². The Bertz CT molecular complexity index is 901. The maximum absolute atomic E-state index is 13.8. The van der Waals surface area contributed by atoms with Gasteiger partial charge in [-0.2, -0.15) is 13.2 Å². The maximum Gasteiger partial charge on any atom is 0.440 e. The number of para-hydroxylation sites is 2. The van der Waals surface area contributed by atoms with Gasteiger partial charge in [0, 0.05) is 0 Å². The molecule has 1 atom stereocenters. The number of carbonyl (C=O) groups is 3. The number of thiophene rings is 1. The van der Waals surface area contributed by atoms with Gasteiger partial charge in [0.1, 0.15) is 5.75 Å². The molecule has 1 saturated heterocycles. The zero-order valence-electron chi connectivity index (χ0n) is 13.7. The summed E-state index contributed by atoms with van der Waals surface area (Å²) in [5.74, 6) is -2.81. The van der Waals surface area contributed by atoms with Gasteiger partial charge in [0.2, 0.25) is 0 Å². The Labute approximate surface area is 154 Å². The Morgan fingerprint density at radius 1 is 1.22 bits per heavy atom. The number of urea groups is 1. The van der Waals surface area contributed by atoms with Crippen LogP contribution in [-0.2, 0) is 4.79 Å². The second-order valence-electron chi connectivity index (χ2n) is 5.42. The van der Waals surface area contributed by atoms with Crippen LogP contribution < -0.4 is 20.3 Å². The molecule has 27 heavy (non-hydrogen) atoms. The van der Waals surface area contributed by atoms with Crippen molar-refractivity contribution in [3.8, 4) is 5.75 Å². The number of halogens is 3. The Morgan fingerprint density at radius 2 is 1.93 bits per heavy atom. The van der Waals surface area contributed by atoms with Gasteiger partial charge in [0.15, 0.2) is 0 Å². The largest absolute Gasteiger partial charge is 0.495 e. The number of nitrogens with one attached hydrogen (secondary N) is 2. The first-order valence-electron chi connectivity index (χ1n) is 7.44. The lowest BCUT2D eigenvalue weighted by Gasteiger charge is -2.29. The Balaban J connectivity index is 2.04. The van der Waals surface area contributed by atoms with E-state index < -0.39 is 29.7 Å². The quantitative estimate of drug-likeness (QED) is 0.774. The van der Waals surface area contributed by atoms with E-state index in [1.54, 1.807) is 10.6 Å². The lowest BCUT2D eigenvalue weighted by atomic mass is 10.1. The average molecular weight is 399 g/mol. The highest BCUT2D eigenvalue weighted by atomic mass is 32.1. The second-order valence-corrected chi connectivity index (χ2v) is 6.37. The Morgan fingerprint density at radius 3 is 2.52 bits per heavy atom. The van der Waals surface area contributed by atoms with Gasteiger partial charge in [-0.3, -0.25) is 14.9 Å². The molecule has 2 heterocycles. The number of carbonyl (C=O) groups excluding carboxylic acids is 3. The first-order valence-corrected chi connectivity index (χ1v) is 8.31. The van der Waals surface area contributed by atoms with Crippen LogP contribution in [0.4, 0.5) is 23.7 Å². The third kappa shape index (κ3) is 2.99. The molecule has 1 aliphatic rings. The fraction of sp³-hybridized carbons (Fsp3) is 0.188. The number of anilines is 1. The van der Waals surface area contributed by atoms with E-state index in [0.29, 0.717) is 4.90 Å². The van der Waals surface area contributed by atoms with Crippen LogP contribution in [0.25, 0.3) is 0 Å². The molecule has 0 radical (unpaired) electrons. The molecule has 7 nitrogen and oxygen atoms in total. The number of benzene rings is 1. The Kier molecular flexibility index (Phi) is 4.56. The molecule has 142 valence electrons. The molecule has 1 aromatic heterocycles. The molecule has 11 heteroatoms. The minimum atomic E-state index is -5.29. The monoisotopic (exact) mass is 399 g/mol. The van der Waals surface area contributed by atoms with Crippen LogP contribution in [0, 0.1) is 0 Å². The highest BCUT2D eigenvalue weighted by molar-refractivity contribution is 7.12. The molecule has 0 spiro atoms. The minimum absolute atomic E-state index is 0.0172. The van der Waals surface area contributed by atoms with E-state index in [9.17, 15) is 27.6 Å². The SMILES string of the molecule is COc1ccccc1N1C(=O)NC(NC(=O)c2cccs2)(C(F)(F)F)C1=O. The summed E-state index contributed by atoms with van der Waals surface area (Å²) in [7, 11) is 1.24. The number of nitrogens with zero attached hydrogens (tertiary/aromatic N) is 1. The van der Waals surface area contributed by atoms with E-state index in [2.05, 4.69) is 0 Å². The van der Waals surface area contributed by atoms with E-state index in [1.165, 1.54) is 48.9 Å². The maximum atomic E-state index is 13.8. The summed E-state index contributed by atoms with van der Waals surface area (Å²) in [6, 6.07) is 7.01. The third-order valence-corrected chi connectivity index (χ3v) is 4.69. The summed E-state index contributed by atoms with van der Waals surface area (Å²) in [6.45, 7) is 0. The molecule has 2 N–H and O–H groups in total. The smallest absolute Gasteiger partial charge is 0.440 e. The summed E-state index contributed by atoms with van der Waals surface area (Å²) in [5.41, 5.74) is -3.77. The number of hydrogen-bond acceptors (Lipinski definition) is 5. The van der Waals surface area contributed by atoms with Gasteiger partial charge in [-0.15, -0.1) is 11.3 Å². The fourth-order valence-electron chi connectivity index (χ4n) is 2.55. The van der Waals surface area contributed by atoms with E-state index in [0.717, 1.165) is 11.3 Å². The van der Waals surface area contributed by atoms with Crippen molar-refractivity contribution in [2.75, 3.05) is 12.0 Å². The van der Waals surface area contributed by atoms with E-state index in [1.807, 2.05) is 0 Å². The molecule has 0 bridgehead atoms. The number of hydrogen-bond donors (Lipinski definition) is 2. The summed E-state index contributed by atoms with van der Waals surface area (Å²) in [4.78, 5) is 37.4. The van der Waals surface area contributed by atoms with Crippen molar-refractivity contribution in [1.82, 2.24) is 10.6 Å². The molecule has 1 aromatic carbocycles. The normalized spacial score (nSPS) is 19.8. The number of ether oxygens (including phenoxy) is 1. The van der Waals surface area contributed by atoms with Crippen molar-refractivity contribution in [2.24, 2.45) is 0 Å². The van der Waals surface area contributed by atoms with Crippen molar-refractivity contribution in [2.45, 2.75) is 11.8 Å². The zero-order valence-corrected chi connectivity index (χ0v) is 14.5. The van der Waals surface area contributed by atoms with Crippen LogP contribution in [0.2, 0.25) is 0 Å². The van der Waals surface area contributed by atoms with Gasteiger partial charge >= 0.3 is 12.2 Å². The standard InChI is InChI=1S/C16H12F3N3O4S/c1-26-10-6-3-2-5-9(10)22-13(24)15(16(17,18)19,21-14(22)25)20-12(23)11-7-4-8-27-11/h2-8H,1H3,(H,20,23)(H,21,25). The molecule has 1 fully saturated rings. The molecular formula is C16H12F3N3O4S. The molecule has 0 saturated carbocycles. The molecule has 2 aromatic rings. The van der Waals surface area contributed by atoms with Crippen LogP contribution in [0.1, 0.15) is 9.67 Å². The fourth-order valence-corrected chi connectivity index (χ4v) is 3.17. The van der Waals surface area contributed by atoms with Crippen molar-refractivity contribution >= 4 is 34.9 Å². The van der Waals surface area contributed by atoms with Crippen LogP contribution in [-0.4, -0.2) is 36.8 Å². The summed E-state index contributed by atoms with van der Waals surface area (Å²) >= 11 is 0.892. The average Bonchev–Trinajstić information content (AvgIpc) is 3.22. The lowest BCUT2D eigenvalue weighted by molar-refractivity contribution is -0.197. The molecule has 1 aliphatic heterocycles. The van der Waals surface area contributed by atoms with E-state index in [4.69, 9.17) is 4.74 Å². The predicted molar refractivity (Wildman–Crippen MR) is 89.6 cm³/mol. The van der Waals surface area contributed by atoms with Crippen molar-refractivity contribution in [3.63, 3.8) is 0 Å². The van der Waals surface area contributed by atoms with E-state index >= 15 is 0 Å². The topological polar surface area (TPSA) is 87.7 Å². The van der Waals surface area contributed by atoms with Gasteiger partial charge < -0.3 is 10.1 Å². The lowest BCUT2D eigenvalue weighted by Crippen LogP contribution is -2.69. The second kappa shape index (κ2) is 6.58. The highest BCUT2D eigenvalue weighted by Crippen LogP contribution is 2.38. The number of amides is 4. The van der Waals surface area contributed by atoms with Crippen LogP contribution in [0.15, 0.2) is 41.8 Å². The van der Waals surface area contributed by atoms with Crippen LogP contribution >= 0.6 is 11.3 Å². The van der Waals surface area contributed by atoms with Crippen molar-refractivity contribution in [1.29, 1.82) is 0 Å². The van der Waals surface area contributed by atoms with Crippen LogP contribution in [0.5, 0.6) is 5.75 Å². The third-order valence-electron chi connectivity index (χ3n) is 3.82.